The quantitative estimate of drug-likeness (QED) is 0.631. The number of ether oxygens (including phenoxy) is 2. The summed E-state index contributed by atoms with van der Waals surface area (Å²) in [5.41, 5.74) is 0. The molecule has 1 aliphatic carbocycles. The zero-order valence-electron chi connectivity index (χ0n) is 13.2. The summed E-state index contributed by atoms with van der Waals surface area (Å²) in [6.07, 6.45) is 15.2. The summed E-state index contributed by atoms with van der Waals surface area (Å²) in [6, 6.07) is 0. The van der Waals surface area contributed by atoms with E-state index in [1.54, 1.807) is 0 Å². The molecule has 0 aromatic heterocycles. The molecule has 0 aromatic rings. The predicted octanol–water partition coefficient (Wildman–Crippen LogP) is 5.31. The predicted molar refractivity (Wildman–Crippen MR) is 81.3 cm³/mol. The van der Waals surface area contributed by atoms with Gasteiger partial charge < -0.3 is 9.47 Å². The summed E-state index contributed by atoms with van der Waals surface area (Å²) in [5, 5.41) is 0. The van der Waals surface area contributed by atoms with Gasteiger partial charge in [-0.05, 0) is 26.7 Å². The Hall–Kier alpha value is -0.0800. The molecule has 19 heavy (non-hydrogen) atoms. The molecule has 2 nitrogen and oxygen atoms in total. The minimum absolute atomic E-state index is 0.0398. The van der Waals surface area contributed by atoms with Crippen LogP contribution < -0.4 is 0 Å². The topological polar surface area (TPSA) is 18.5 Å². The van der Waals surface area contributed by atoms with Crippen molar-refractivity contribution in [1.29, 1.82) is 0 Å². The molecule has 0 atom stereocenters. The van der Waals surface area contributed by atoms with Gasteiger partial charge in [0.25, 0.3) is 0 Å². The van der Waals surface area contributed by atoms with Gasteiger partial charge >= 0.3 is 0 Å². The van der Waals surface area contributed by atoms with Crippen molar-refractivity contribution in [2.24, 2.45) is 5.92 Å². The molecule has 0 aromatic carbocycles. The highest BCUT2D eigenvalue weighted by atomic mass is 16.7. The first-order valence-electron chi connectivity index (χ1n) is 8.61. The first kappa shape index (κ1) is 17.0. The van der Waals surface area contributed by atoms with E-state index in [4.69, 9.17) is 9.47 Å². The molecular weight excluding hydrogens is 236 g/mol. The van der Waals surface area contributed by atoms with Gasteiger partial charge in [0.2, 0.25) is 0 Å². The Morgan fingerprint density at radius 2 is 1.05 bits per heavy atom. The Morgan fingerprint density at radius 1 is 0.684 bits per heavy atom. The number of hydrogen-bond donors (Lipinski definition) is 0. The van der Waals surface area contributed by atoms with Crippen LogP contribution in [0.15, 0.2) is 0 Å². The lowest BCUT2D eigenvalue weighted by molar-refractivity contribution is -0.170. The summed E-state index contributed by atoms with van der Waals surface area (Å²) in [7, 11) is 0. The van der Waals surface area contributed by atoms with Gasteiger partial charge in [-0.15, -0.1) is 0 Å². The fourth-order valence-electron chi connectivity index (χ4n) is 3.12. The van der Waals surface area contributed by atoms with Gasteiger partial charge in [0.1, 0.15) is 0 Å². The van der Waals surface area contributed by atoms with E-state index in [1.807, 2.05) is 0 Å². The Morgan fingerprint density at radius 3 is 1.42 bits per heavy atom. The van der Waals surface area contributed by atoms with E-state index in [9.17, 15) is 0 Å². The van der Waals surface area contributed by atoms with E-state index in [0.717, 1.165) is 13.2 Å². The van der Waals surface area contributed by atoms with Crippen molar-refractivity contribution in [1.82, 2.24) is 0 Å². The van der Waals surface area contributed by atoms with Gasteiger partial charge in [-0.2, -0.15) is 0 Å². The third-order valence-corrected chi connectivity index (χ3v) is 4.20. The second-order valence-corrected chi connectivity index (χ2v) is 5.80. The smallest absolute Gasteiger partial charge is 0.160 e. The molecule has 0 bridgehead atoms. The highest BCUT2D eigenvalue weighted by Crippen LogP contribution is 2.25. The highest BCUT2D eigenvalue weighted by molar-refractivity contribution is 4.66. The number of hydrogen-bond acceptors (Lipinski definition) is 2. The van der Waals surface area contributed by atoms with Crippen molar-refractivity contribution in [2.45, 2.75) is 90.8 Å². The van der Waals surface area contributed by atoms with Crippen LogP contribution in [-0.2, 0) is 9.47 Å². The van der Waals surface area contributed by atoms with Crippen molar-refractivity contribution >= 4 is 0 Å². The minimum atomic E-state index is 0.0398. The SMILES string of the molecule is CCOC(OCC)C1CCCCCCCCCCC1. The molecule has 1 saturated carbocycles. The van der Waals surface area contributed by atoms with Crippen LogP contribution in [0.1, 0.15) is 84.5 Å². The molecular formula is C17H34O2. The summed E-state index contributed by atoms with van der Waals surface area (Å²) in [4.78, 5) is 0. The molecule has 1 rings (SSSR count). The Labute approximate surface area is 120 Å². The fraction of sp³-hybridized carbons (Fsp3) is 1.00. The van der Waals surface area contributed by atoms with Crippen LogP contribution in [0.5, 0.6) is 0 Å². The van der Waals surface area contributed by atoms with Gasteiger partial charge in [-0.1, -0.05) is 57.8 Å². The van der Waals surface area contributed by atoms with Gasteiger partial charge in [0, 0.05) is 19.1 Å². The molecule has 1 aliphatic rings. The molecule has 1 fully saturated rings. The molecule has 0 amide bonds. The van der Waals surface area contributed by atoms with E-state index in [2.05, 4.69) is 13.8 Å². The molecule has 0 heterocycles. The summed E-state index contributed by atoms with van der Waals surface area (Å²) in [6.45, 7) is 5.67. The zero-order valence-corrected chi connectivity index (χ0v) is 13.2. The minimum Gasteiger partial charge on any atom is -0.353 e. The Kier molecular flexibility index (Phi) is 10.5. The van der Waals surface area contributed by atoms with Crippen molar-refractivity contribution in [3.8, 4) is 0 Å². The lowest BCUT2D eigenvalue weighted by Gasteiger charge is -2.27. The fourth-order valence-corrected chi connectivity index (χ4v) is 3.12. The van der Waals surface area contributed by atoms with E-state index in [0.29, 0.717) is 5.92 Å². The summed E-state index contributed by atoms with van der Waals surface area (Å²) < 4.78 is 11.6. The number of rotatable bonds is 5. The molecule has 0 unspecified atom stereocenters. The Bertz CT molecular complexity index is 176. The monoisotopic (exact) mass is 270 g/mol. The van der Waals surface area contributed by atoms with E-state index in [1.165, 1.54) is 70.6 Å². The first-order valence-corrected chi connectivity index (χ1v) is 8.61. The lowest BCUT2D eigenvalue weighted by Crippen LogP contribution is -2.27. The van der Waals surface area contributed by atoms with Gasteiger partial charge in [-0.3, -0.25) is 0 Å². The normalized spacial score (nSPS) is 21.0. The second-order valence-electron chi connectivity index (χ2n) is 5.80. The largest absolute Gasteiger partial charge is 0.353 e. The van der Waals surface area contributed by atoms with Crippen molar-refractivity contribution in [2.75, 3.05) is 13.2 Å². The molecule has 0 aliphatic heterocycles. The van der Waals surface area contributed by atoms with Crippen LogP contribution in [0.25, 0.3) is 0 Å². The average molecular weight is 270 g/mol. The molecule has 0 N–H and O–H groups in total. The third-order valence-electron chi connectivity index (χ3n) is 4.20. The van der Waals surface area contributed by atoms with Crippen LogP contribution in [0.2, 0.25) is 0 Å². The maximum Gasteiger partial charge on any atom is 0.160 e. The van der Waals surface area contributed by atoms with Crippen molar-refractivity contribution in [3.63, 3.8) is 0 Å². The average Bonchev–Trinajstić information content (AvgIpc) is 2.39. The standard InChI is InChI=1S/C17H34O2/c1-3-18-17(19-4-2)16-14-12-10-8-6-5-7-9-11-13-15-16/h16-17H,3-15H2,1-2H3. The van der Waals surface area contributed by atoms with E-state index < -0.39 is 0 Å². The van der Waals surface area contributed by atoms with E-state index >= 15 is 0 Å². The molecule has 0 radical (unpaired) electrons. The van der Waals surface area contributed by atoms with Crippen LogP contribution in [0.3, 0.4) is 0 Å². The van der Waals surface area contributed by atoms with E-state index in [-0.39, 0.29) is 6.29 Å². The summed E-state index contributed by atoms with van der Waals surface area (Å²) >= 11 is 0. The van der Waals surface area contributed by atoms with Gasteiger partial charge in [-0.25, -0.2) is 0 Å². The highest BCUT2D eigenvalue weighted by Gasteiger charge is 2.21. The summed E-state index contributed by atoms with van der Waals surface area (Å²) in [5.74, 6) is 0.610. The molecule has 0 spiro atoms. The van der Waals surface area contributed by atoms with Crippen LogP contribution in [-0.4, -0.2) is 19.5 Å². The van der Waals surface area contributed by atoms with Crippen LogP contribution in [0, 0.1) is 5.92 Å². The molecule has 2 heteroatoms. The zero-order chi connectivity index (χ0) is 13.8. The lowest BCUT2D eigenvalue weighted by atomic mass is 9.92. The van der Waals surface area contributed by atoms with Crippen LogP contribution >= 0.6 is 0 Å². The van der Waals surface area contributed by atoms with Crippen molar-refractivity contribution in [3.05, 3.63) is 0 Å². The Balaban J connectivity index is 2.43. The van der Waals surface area contributed by atoms with Gasteiger partial charge in [0.15, 0.2) is 6.29 Å². The second kappa shape index (κ2) is 11.7. The molecule has 114 valence electrons. The maximum absolute atomic E-state index is 5.82. The van der Waals surface area contributed by atoms with Crippen molar-refractivity contribution < 1.29 is 9.47 Å². The van der Waals surface area contributed by atoms with Crippen LogP contribution in [0.4, 0.5) is 0 Å². The van der Waals surface area contributed by atoms with Gasteiger partial charge in [0.05, 0.1) is 0 Å². The maximum atomic E-state index is 5.82. The molecule has 0 saturated heterocycles. The first-order chi connectivity index (χ1) is 9.38. The third kappa shape index (κ3) is 7.94.